The zero-order valence-corrected chi connectivity index (χ0v) is 21.2. The summed E-state index contributed by atoms with van der Waals surface area (Å²) < 4.78 is 33.1. The maximum atomic E-state index is 12.9. The molecule has 34 heavy (non-hydrogen) atoms. The fraction of sp³-hybridized carbons (Fsp3) is 0.480. The highest BCUT2D eigenvalue weighted by Crippen LogP contribution is 2.26. The van der Waals surface area contributed by atoms with Crippen molar-refractivity contribution < 1.29 is 17.9 Å². The number of carbonyl (C=O) groups is 1. The molecule has 0 atom stereocenters. The third kappa shape index (κ3) is 5.85. The van der Waals surface area contributed by atoms with Gasteiger partial charge in [-0.2, -0.15) is 4.31 Å². The van der Waals surface area contributed by atoms with E-state index in [2.05, 4.69) is 11.8 Å². The van der Waals surface area contributed by atoms with Crippen LogP contribution in [0.2, 0.25) is 5.02 Å². The number of hydrogen-bond acceptors (Lipinski definition) is 5. The number of rotatable bonds is 6. The maximum Gasteiger partial charge on any atom is 0.260 e. The van der Waals surface area contributed by atoms with Crippen molar-refractivity contribution in [3.8, 4) is 5.75 Å². The van der Waals surface area contributed by atoms with E-state index < -0.39 is 10.0 Å². The van der Waals surface area contributed by atoms with Crippen LogP contribution in [0, 0.1) is 6.92 Å². The number of amides is 1. The van der Waals surface area contributed by atoms with Gasteiger partial charge in [0.05, 0.1) is 4.90 Å². The largest absolute Gasteiger partial charge is 0.484 e. The van der Waals surface area contributed by atoms with Crippen molar-refractivity contribution in [2.45, 2.75) is 37.5 Å². The molecule has 2 aromatic carbocycles. The van der Waals surface area contributed by atoms with Gasteiger partial charge < -0.3 is 14.5 Å². The molecule has 2 aliphatic rings. The quantitative estimate of drug-likeness (QED) is 0.594. The standard InChI is InChI=1S/C25H32ClN3O4S/c1-20-6-7-21(26)18-24(20)27-14-16-28(17-15-27)25(30)19-33-22-8-10-23(11-9-22)34(31,32)29-12-4-2-3-5-13-29/h6-11,18H,2-5,12-17,19H2,1H3. The molecule has 2 aliphatic heterocycles. The number of piperazine rings is 1. The average molecular weight is 506 g/mol. The molecule has 4 rings (SSSR count). The molecule has 0 spiro atoms. The predicted octanol–water partition coefficient (Wildman–Crippen LogP) is 3.94. The minimum atomic E-state index is -3.49. The first kappa shape index (κ1) is 24.8. The van der Waals surface area contributed by atoms with E-state index in [4.69, 9.17) is 16.3 Å². The lowest BCUT2D eigenvalue weighted by atomic mass is 10.1. The summed E-state index contributed by atoms with van der Waals surface area (Å²) in [4.78, 5) is 17.0. The Kier molecular flexibility index (Phi) is 8.01. The van der Waals surface area contributed by atoms with Crippen molar-refractivity contribution in [2.24, 2.45) is 0 Å². The van der Waals surface area contributed by atoms with Crippen LogP contribution in [-0.4, -0.2) is 69.4 Å². The molecule has 0 aromatic heterocycles. The van der Waals surface area contributed by atoms with Crippen molar-refractivity contribution in [1.82, 2.24) is 9.21 Å². The molecular weight excluding hydrogens is 474 g/mol. The lowest BCUT2D eigenvalue weighted by molar-refractivity contribution is -0.133. The molecule has 2 heterocycles. The van der Waals surface area contributed by atoms with Gasteiger partial charge in [-0.1, -0.05) is 30.5 Å². The zero-order valence-electron chi connectivity index (χ0n) is 19.6. The maximum absolute atomic E-state index is 12.9. The minimum Gasteiger partial charge on any atom is -0.484 e. The van der Waals surface area contributed by atoms with Gasteiger partial charge in [-0.15, -0.1) is 0 Å². The molecule has 0 radical (unpaired) electrons. The third-order valence-electron chi connectivity index (χ3n) is 6.53. The van der Waals surface area contributed by atoms with Crippen LogP contribution in [0.25, 0.3) is 0 Å². The van der Waals surface area contributed by atoms with Gasteiger partial charge >= 0.3 is 0 Å². The topological polar surface area (TPSA) is 70.2 Å². The summed E-state index contributed by atoms with van der Waals surface area (Å²) in [5.41, 5.74) is 2.26. The van der Waals surface area contributed by atoms with Crippen LogP contribution in [0.3, 0.4) is 0 Å². The molecular formula is C25H32ClN3O4S. The molecule has 184 valence electrons. The smallest absolute Gasteiger partial charge is 0.260 e. The fourth-order valence-electron chi connectivity index (χ4n) is 4.50. The lowest BCUT2D eigenvalue weighted by Gasteiger charge is -2.36. The normalized spacial score (nSPS) is 17.9. The van der Waals surface area contributed by atoms with E-state index in [9.17, 15) is 13.2 Å². The number of aryl methyl sites for hydroxylation is 1. The van der Waals surface area contributed by atoms with Crippen LogP contribution in [0.5, 0.6) is 5.75 Å². The van der Waals surface area contributed by atoms with Crippen molar-refractivity contribution >= 4 is 33.2 Å². The van der Waals surface area contributed by atoms with Gasteiger partial charge in [0.2, 0.25) is 10.0 Å². The number of nitrogens with zero attached hydrogens (tertiary/aromatic N) is 3. The molecule has 2 aromatic rings. The van der Waals surface area contributed by atoms with Gasteiger partial charge in [0.15, 0.2) is 6.61 Å². The first-order valence-electron chi connectivity index (χ1n) is 11.9. The Balaban J connectivity index is 1.28. The van der Waals surface area contributed by atoms with E-state index in [0.29, 0.717) is 37.0 Å². The molecule has 1 amide bonds. The third-order valence-corrected chi connectivity index (χ3v) is 8.68. The number of anilines is 1. The molecule has 0 unspecified atom stereocenters. The second-order valence-electron chi connectivity index (χ2n) is 8.88. The number of carbonyl (C=O) groups excluding carboxylic acids is 1. The Morgan fingerprint density at radius 1 is 0.912 bits per heavy atom. The summed E-state index contributed by atoms with van der Waals surface area (Å²) in [6.07, 6.45) is 3.94. The van der Waals surface area contributed by atoms with Crippen LogP contribution in [0.1, 0.15) is 31.2 Å². The first-order chi connectivity index (χ1) is 16.3. The summed E-state index contributed by atoms with van der Waals surface area (Å²) in [5.74, 6) is 0.403. The Labute approximate surface area is 207 Å². The predicted molar refractivity (Wildman–Crippen MR) is 134 cm³/mol. The van der Waals surface area contributed by atoms with Crippen molar-refractivity contribution in [3.63, 3.8) is 0 Å². The highest BCUT2D eigenvalue weighted by molar-refractivity contribution is 7.89. The Morgan fingerprint density at radius 3 is 2.21 bits per heavy atom. The summed E-state index contributed by atoms with van der Waals surface area (Å²) in [6, 6.07) is 12.2. The van der Waals surface area contributed by atoms with Crippen LogP contribution in [0.15, 0.2) is 47.4 Å². The molecule has 0 aliphatic carbocycles. The molecule has 9 heteroatoms. The van der Waals surface area contributed by atoms with Crippen molar-refractivity contribution in [2.75, 3.05) is 50.8 Å². The van der Waals surface area contributed by atoms with E-state index >= 15 is 0 Å². The van der Waals surface area contributed by atoms with Crippen molar-refractivity contribution in [3.05, 3.63) is 53.1 Å². The number of ether oxygens (including phenoxy) is 1. The molecule has 2 saturated heterocycles. The van der Waals surface area contributed by atoms with Crippen LogP contribution >= 0.6 is 11.6 Å². The van der Waals surface area contributed by atoms with E-state index in [1.165, 1.54) is 0 Å². The van der Waals surface area contributed by atoms with Gasteiger partial charge in [0, 0.05) is 50.0 Å². The summed E-state index contributed by atoms with van der Waals surface area (Å²) in [5, 5.41) is 0.706. The average Bonchev–Trinajstić information content (AvgIpc) is 3.15. The van der Waals surface area contributed by atoms with Crippen LogP contribution in [-0.2, 0) is 14.8 Å². The Hall–Kier alpha value is -2.29. The van der Waals surface area contributed by atoms with E-state index in [-0.39, 0.29) is 17.4 Å². The zero-order chi connectivity index (χ0) is 24.1. The van der Waals surface area contributed by atoms with Gasteiger partial charge in [-0.05, 0) is 61.7 Å². The van der Waals surface area contributed by atoms with E-state index in [1.807, 2.05) is 18.2 Å². The second kappa shape index (κ2) is 11.0. The first-order valence-corrected chi connectivity index (χ1v) is 13.7. The molecule has 2 fully saturated rings. The minimum absolute atomic E-state index is 0.0750. The summed E-state index contributed by atoms with van der Waals surface area (Å²) in [6.45, 7) is 5.81. The fourth-order valence-corrected chi connectivity index (χ4v) is 6.18. The second-order valence-corrected chi connectivity index (χ2v) is 11.3. The lowest BCUT2D eigenvalue weighted by Crippen LogP contribution is -2.50. The van der Waals surface area contributed by atoms with Gasteiger partial charge in [-0.25, -0.2) is 8.42 Å². The van der Waals surface area contributed by atoms with Crippen LogP contribution in [0.4, 0.5) is 5.69 Å². The Morgan fingerprint density at radius 2 is 1.56 bits per heavy atom. The van der Waals surface area contributed by atoms with Gasteiger partial charge in [0.25, 0.3) is 5.91 Å². The molecule has 0 saturated carbocycles. The van der Waals surface area contributed by atoms with E-state index in [1.54, 1.807) is 33.5 Å². The van der Waals surface area contributed by atoms with Crippen molar-refractivity contribution in [1.29, 1.82) is 0 Å². The molecule has 7 nitrogen and oxygen atoms in total. The number of halogens is 1. The molecule has 0 N–H and O–H groups in total. The Bertz CT molecular complexity index is 1090. The molecule has 0 bridgehead atoms. The van der Waals surface area contributed by atoms with Gasteiger partial charge in [0.1, 0.15) is 5.75 Å². The van der Waals surface area contributed by atoms with Crippen LogP contribution < -0.4 is 9.64 Å². The highest BCUT2D eigenvalue weighted by atomic mass is 35.5. The van der Waals surface area contributed by atoms with E-state index in [0.717, 1.165) is 50.0 Å². The number of benzene rings is 2. The monoisotopic (exact) mass is 505 g/mol. The summed E-state index contributed by atoms with van der Waals surface area (Å²) in [7, 11) is -3.49. The summed E-state index contributed by atoms with van der Waals surface area (Å²) >= 11 is 6.15. The number of hydrogen-bond donors (Lipinski definition) is 0. The number of sulfonamides is 1. The SMILES string of the molecule is Cc1ccc(Cl)cc1N1CCN(C(=O)COc2ccc(S(=O)(=O)N3CCCCCC3)cc2)CC1. The highest BCUT2D eigenvalue weighted by Gasteiger charge is 2.25. The van der Waals surface area contributed by atoms with Gasteiger partial charge in [-0.3, -0.25) is 4.79 Å².